The Labute approximate surface area is 96.1 Å². The average molecular weight is 221 g/mol. The Hall–Kier alpha value is -1.13. The lowest BCUT2D eigenvalue weighted by molar-refractivity contribution is 0.263. The zero-order valence-electron chi connectivity index (χ0n) is 9.47. The molecule has 16 heavy (non-hydrogen) atoms. The Morgan fingerprint density at radius 2 is 2.44 bits per heavy atom. The second-order valence-electron chi connectivity index (χ2n) is 4.30. The van der Waals surface area contributed by atoms with Crippen LogP contribution in [0.5, 0.6) is 0 Å². The van der Waals surface area contributed by atoms with Gasteiger partial charge >= 0.3 is 0 Å². The van der Waals surface area contributed by atoms with E-state index in [9.17, 15) is 0 Å². The van der Waals surface area contributed by atoms with Crippen LogP contribution in [0, 0.1) is 5.92 Å². The molecule has 1 fully saturated rings. The van der Waals surface area contributed by atoms with Gasteiger partial charge in [0.05, 0.1) is 0 Å². The van der Waals surface area contributed by atoms with E-state index in [0.717, 1.165) is 37.3 Å². The van der Waals surface area contributed by atoms with Crippen LogP contribution in [0.2, 0.25) is 0 Å². The average Bonchev–Trinajstić information content (AvgIpc) is 2.78. The van der Waals surface area contributed by atoms with Crippen LogP contribution in [0.15, 0.2) is 18.3 Å². The molecule has 0 aliphatic carbocycles. The molecule has 0 bridgehead atoms. The first kappa shape index (κ1) is 11.4. The van der Waals surface area contributed by atoms with E-state index in [4.69, 9.17) is 10.8 Å². The van der Waals surface area contributed by atoms with Crippen molar-refractivity contribution in [1.82, 2.24) is 4.98 Å². The van der Waals surface area contributed by atoms with Crippen LogP contribution in [-0.2, 0) is 6.54 Å². The number of aliphatic hydroxyl groups is 1. The minimum Gasteiger partial charge on any atom is -0.396 e. The number of nitrogens with two attached hydrogens (primary N) is 1. The molecule has 1 aromatic rings. The number of rotatable bonds is 4. The lowest BCUT2D eigenvalue weighted by atomic mass is 10.1. The molecule has 4 heteroatoms. The van der Waals surface area contributed by atoms with Gasteiger partial charge in [0.1, 0.15) is 5.82 Å². The van der Waals surface area contributed by atoms with E-state index in [1.165, 1.54) is 0 Å². The summed E-state index contributed by atoms with van der Waals surface area (Å²) in [6.45, 7) is 2.83. The molecule has 3 N–H and O–H groups in total. The standard InChI is InChI=1S/C12H19N3O/c13-8-11-2-1-5-14-12(11)15-6-3-10(9-15)4-7-16/h1-2,5,10,16H,3-4,6-9,13H2. The number of hydrogen-bond donors (Lipinski definition) is 2. The molecule has 2 rings (SSSR count). The second kappa shape index (κ2) is 5.27. The molecule has 1 aromatic heterocycles. The van der Waals surface area contributed by atoms with Crippen LogP contribution in [0.4, 0.5) is 5.82 Å². The van der Waals surface area contributed by atoms with Gasteiger partial charge < -0.3 is 15.7 Å². The molecule has 1 atom stereocenters. The molecule has 0 amide bonds. The van der Waals surface area contributed by atoms with Gasteiger partial charge in [-0.3, -0.25) is 0 Å². The minimum atomic E-state index is 0.282. The van der Waals surface area contributed by atoms with Crippen molar-refractivity contribution in [3.8, 4) is 0 Å². The number of anilines is 1. The van der Waals surface area contributed by atoms with Gasteiger partial charge in [0, 0.05) is 38.0 Å². The summed E-state index contributed by atoms with van der Waals surface area (Å²) in [5.41, 5.74) is 6.81. The maximum absolute atomic E-state index is 8.93. The minimum absolute atomic E-state index is 0.282. The third-order valence-corrected chi connectivity index (χ3v) is 3.21. The number of pyridine rings is 1. The summed E-state index contributed by atoms with van der Waals surface area (Å²) in [7, 11) is 0. The third kappa shape index (κ3) is 2.33. The topological polar surface area (TPSA) is 62.4 Å². The Morgan fingerprint density at radius 1 is 1.56 bits per heavy atom. The Morgan fingerprint density at radius 3 is 3.19 bits per heavy atom. The van der Waals surface area contributed by atoms with E-state index >= 15 is 0 Å². The van der Waals surface area contributed by atoms with Crippen LogP contribution < -0.4 is 10.6 Å². The van der Waals surface area contributed by atoms with E-state index in [1.54, 1.807) is 0 Å². The lowest BCUT2D eigenvalue weighted by Crippen LogP contribution is -2.23. The normalized spacial score (nSPS) is 20.4. The molecule has 1 aliphatic rings. The Kier molecular flexibility index (Phi) is 3.74. The molecular formula is C12H19N3O. The highest BCUT2D eigenvalue weighted by atomic mass is 16.3. The van der Waals surface area contributed by atoms with Crippen molar-refractivity contribution in [1.29, 1.82) is 0 Å². The number of nitrogens with zero attached hydrogens (tertiary/aromatic N) is 2. The van der Waals surface area contributed by atoms with Crippen molar-refractivity contribution < 1.29 is 5.11 Å². The van der Waals surface area contributed by atoms with Crippen LogP contribution >= 0.6 is 0 Å². The Balaban J connectivity index is 2.08. The number of hydrogen-bond acceptors (Lipinski definition) is 4. The zero-order valence-corrected chi connectivity index (χ0v) is 9.47. The molecular weight excluding hydrogens is 202 g/mol. The highest BCUT2D eigenvalue weighted by molar-refractivity contribution is 5.47. The van der Waals surface area contributed by atoms with Gasteiger partial charge in [-0.15, -0.1) is 0 Å². The van der Waals surface area contributed by atoms with Crippen LogP contribution in [0.25, 0.3) is 0 Å². The lowest BCUT2D eigenvalue weighted by Gasteiger charge is -2.20. The molecule has 0 spiro atoms. The summed E-state index contributed by atoms with van der Waals surface area (Å²) in [4.78, 5) is 6.69. The largest absolute Gasteiger partial charge is 0.396 e. The molecule has 0 aromatic carbocycles. The molecule has 1 aliphatic heterocycles. The molecule has 88 valence electrons. The molecule has 0 radical (unpaired) electrons. The maximum Gasteiger partial charge on any atom is 0.133 e. The van der Waals surface area contributed by atoms with E-state index in [1.807, 2.05) is 18.3 Å². The van der Waals surface area contributed by atoms with Gasteiger partial charge in [-0.25, -0.2) is 4.98 Å². The SMILES string of the molecule is NCc1cccnc1N1CCC(CCO)C1. The highest BCUT2D eigenvalue weighted by Gasteiger charge is 2.24. The van der Waals surface area contributed by atoms with Crippen LogP contribution in [0.3, 0.4) is 0 Å². The molecule has 2 heterocycles. The van der Waals surface area contributed by atoms with Crippen LogP contribution in [0.1, 0.15) is 18.4 Å². The summed E-state index contributed by atoms with van der Waals surface area (Å²) in [5.74, 6) is 1.61. The van der Waals surface area contributed by atoms with Crippen molar-refractivity contribution in [2.75, 3.05) is 24.6 Å². The number of aromatic nitrogens is 1. The van der Waals surface area contributed by atoms with Crippen molar-refractivity contribution in [3.63, 3.8) is 0 Å². The fourth-order valence-electron chi connectivity index (χ4n) is 2.32. The highest BCUT2D eigenvalue weighted by Crippen LogP contribution is 2.26. The third-order valence-electron chi connectivity index (χ3n) is 3.21. The molecule has 4 nitrogen and oxygen atoms in total. The van der Waals surface area contributed by atoms with E-state index < -0.39 is 0 Å². The summed E-state index contributed by atoms with van der Waals surface area (Å²) < 4.78 is 0. The number of aliphatic hydroxyl groups excluding tert-OH is 1. The predicted molar refractivity (Wildman–Crippen MR) is 64.2 cm³/mol. The van der Waals surface area contributed by atoms with Gasteiger partial charge in [-0.2, -0.15) is 0 Å². The summed E-state index contributed by atoms with van der Waals surface area (Å²) in [5, 5.41) is 8.93. The van der Waals surface area contributed by atoms with Gasteiger partial charge in [0.15, 0.2) is 0 Å². The monoisotopic (exact) mass is 221 g/mol. The quantitative estimate of drug-likeness (QED) is 0.787. The van der Waals surface area contributed by atoms with Crippen molar-refractivity contribution in [2.45, 2.75) is 19.4 Å². The molecule has 0 saturated carbocycles. The summed E-state index contributed by atoms with van der Waals surface area (Å²) in [6, 6.07) is 3.95. The smallest absolute Gasteiger partial charge is 0.133 e. The molecule has 1 saturated heterocycles. The maximum atomic E-state index is 8.93. The van der Waals surface area contributed by atoms with Gasteiger partial charge in [0.25, 0.3) is 0 Å². The summed E-state index contributed by atoms with van der Waals surface area (Å²) >= 11 is 0. The summed E-state index contributed by atoms with van der Waals surface area (Å²) in [6.07, 6.45) is 3.84. The fourth-order valence-corrected chi connectivity index (χ4v) is 2.32. The second-order valence-corrected chi connectivity index (χ2v) is 4.30. The van der Waals surface area contributed by atoms with Gasteiger partial charge in [-0.05, 0) is 24.8 Å². The van der Waals surface area contributed by atoms with Crippen molar-refractivity contribution in [2.24, 2.45) is 11.7 Å². The van der Waals surface area contributed by atoms with E-state index in [0.29, 0.717) is 12.5 Å². The first-order chi connectivity index (χ1) is 7.85. The van der Waals surface area contributed by atoms with Crippen molar-refractivity contribution >= 4 is 5.82 Å². The van der Waals surface area contributed by atoms with Gasteiger partial charge in [-0.1, -0.05) is 6.07 Å². The Bertz CT molecular complexity index is 343. The van der Waals surface area contributed by atoms with Gasteiger partial charge in [0.2, 0.25) is 0 Å². The molecule has 1 unspecified atom stereocenters. The first-order valence-corrected chi connectivity index (χ1v) is 5.85. The zero-order chi connectivity index (χ0) is 11.4. The predicted octanol–water partition coefficient (Wildman–Crippen LogP) is 0.749. The van der Waals surface area contributed by atoms with Crippen LogP contribution in [-0.4, -0.2) is 29.8 Å². The first-order valence-electron chi connectivity index (χ1n) is 5.85. The van der Waals surface area contributed by atoms with E-state index in [2.05, 4.69) is 9.88 Å². The fraction of sp³-hybridized carbons (Fsp3) is 0.583. The van der Waals surface area contributed by atoms with E-state index in [-0.39, 0.29) is 6.61 Å². The van der Waals surface area contributed by atoms with Crippen molar-refractivity contribution in [3.05, 3.63) is 23.9 Å².